The van der Waals surface area contributed by atoms with E-state index < -0.39 is 0 Å². The highest BCUT2D eigenvalue weighted by Crippen LogP contribution is 2.40. The molecule has 0 radical (unpaired) electrons. The van der Waals surface area contributed by atoms with Crippen LogP contribution in [0.2, 0.25) is 0 Å². The predicted molar refractivity (Wildman–Crippen MR) is 79.9 cm³/mol. The summed E-state index contributed by atoms with van der Waals surface area (Å²) in [7, 11) is 0. The minimum Gasteiger partial charge on any atom is -0.472 e. The van der Waals surface area contributed by atoms with Crippen LogP contribution in [0.5, 0.6) is 11.5 Å². The molecule has 20 heavy (non-hydrogen) atoms. The molecule has 3 rings (SSSR count). The molecule has 1 heterocycles. The average Bonchev–Trinajstić information content (AvgIpc) is 3.02. The Morgan fingerprint density at radius 1 is 0.950 bits per heavy atom. The van der Waals surface area contributed by atoms with Gasteiger partial charge < -0.3 is 9.15 Å². The zero-order chi connectivity index (χ0) is 13.8. The van der Waals surface area contributed by atoms with Crippen LogP contribution in [0, 0.1) is 0 Å². The van der Waals surface area contributed by atoms with Gasteiger partial charge in [-0.15, -0.1) is 0 Å². The number of aliphatic imine (C=N–C) groups is 1. The van der Waals surface area contributed by atoms with Crippen molar-refractivity contribution in [2.45, 2.75) is 0 Å². The second-order valence-electron chi connectivity index (χ2n) is 4.24. The SMILES string of the molecule is C=Nc1c(Oc2ccccc2)cccc1-c1ccoc1. The van der Waals surface area contributed by atoms with E-state index >= 15 is 0 Å². The number of ether oxygens (including phenoxy) is 1. The first-order valence-electron chi connectivity index (χ1n) is 6.23. The highest BCUT2D eigenvalue weighted by atomic mass is 16.5. The fourth-order valence-corrected chi connectivity index (χ4v) is 2.03. The summed E-state index contributed by atoms with van der Waals surface area (Å²) in [6.45, 7) is 3.64. The number of furan rings is 1. The molecule has 1 aromatic heterocycles. The van der Waals surface area contributed by atoms with Crippen LogP contribution in [0.15, 0.2) is 76.5 Å². The van der Waals surface area contributed by atoms with Gasteiger partial charge in [-0.3, -0.25) is 4.99 Å². The molecule has 0 spiro atoms. The first kappa shape index (κ1) is 12.2. The van der Waals surface area contributed by atoms with Crippen molar-refractivity contribution in [3.63, 3.8) is 0 Å². The summed E-state index contributed by atoms with van der Waals surface area (Å²) in [5.74, 6) is 1.44. The van der Waals surface area contributed by atoms with Gasteiger partial charge in [0.2, 0.25) is 0 Å². The van der Waals surface area contributed by atoms with Crippen molar-refractivity contribution in [3.05, 3.63) is 67.1 Å². The molecule has 0 atom stereocenters. The number of hydrogen-bond donors (Lipinski definition) is 0. The van der Waals surface area contributed by atoms with Crippen molar-refractivity contribution >= 4 is 12.4 Å². The van der Waals surface area contributed by atoms with Crippen molar-refractivity contribution in [2.24, 2.45) is 4.99 Å². The Labute approximate surface area is 117 Å². The largest absolute Gasteiger partial charge is 0.472 e. The molecule has 0 N–H and O–H groups in total. The van der Waals surface area contributed by atoms with Crippen molar-refractivity contribution in [1.29, 1.82) is 0 Å². The topological polar surface area (TPSA) is 34.7 Å². The number of nitrogens with zero attached hydrogens (tertiary/aromatic N) is 1. The molecule has 0 fully saturated rings. The van der Waals surface area contributed by atoms with Gasteiger partial charge in [0.15, 0.2) is 5.75 Å². The Bertz CT molecular complexity index is 703. The fraction of sp³-hybridized carbons (Fsp3) is 0. The second-order valence-corrected chi connectivity index (χ2v) is 4.24. The van der Waals surface area contributed by atoms with E-state index in [0.29, 0.717) is 11.4 Å². The normalized spacial score (nSPS) is 10.2. The number of rotatable bonds is 4. The molecule has 98 valence electrons. The third kappa shape index (κ3) is 2.34. The highest BCUT2D eigenvalue weighted by Gasteiger charge is 2.11. The van der Waals surface area contributed by atoms with Gasteiger partial charge in [-0.25, -0.2) is 0 Å². The van der Waals surface area contributed by atoms with Gasteiger partial charge in [-0.2, -0.15) is 0 Å². The Morgan fingerprint density at radius 2 is 1.80 bits per heavy atom. The monoisotopic (exact) mass is 263 g/mol. The molecule has 0 unspecified atom stereocenters. The molecule has 0 bridgehead atoms. The standard InChI is InChI=1S/C17H13NO2/c1-18-17-15(13-10-11-19-12-13)8-5-9-16(17)20-14-6-3-2-4-7-14/h2-12H,1H2. The van der Waals surface area contributed by atoms with E-state index in [4.69, 9.17) is 9.15 Å². The van der Waals surface area contributed by atoms with Gasteiger partial charge in [0.25, 0.3) is 0 Å². The molecule has 0 aliphatic rings. The molecule has 3 aromatic rings. The van der Waals surface area contributed by atoms with Gasteiger partial charge in [0.05, 0.1) is 12.5 Å². The Balaban J connectivity index is 2.04. The summed E-state index contributed by atoms with van der Waals surface area (Å²) in [6, 6.07) is 17.3. The molecule has 0 aliphatic heterocycles. The van der Waals surface area contributed by atoms with Gasteiger partial charge in [-0.1, -0.05) is 30.3 Å². The van der Waals surface area contributed by atoms with Crippen molar-refractivity contribution in [2.75, 3.05) is 0 Å². The average molecular weight is 263 g/mol. The third-order valence-corrected chi connectivity index (χ3v) is 2.96. The van der Waals surface area contributed by atoms with Gasteiger partial charge in [-0.05, 0) is 31.0 Å². The van der Waals surface area contributed by atoms with E-state index in [1.807, 2.05) is 54.6 Å². The number of hydrogen-bond acceptors (Lipinski definition) is 3. The third-order valence-electron chi connectivity index (χ3n) is 2.96. The maximum Gasteiger partial charge on any atom is 0.153 e. The molecular weight excluding hydrogens is 250 g/mol. The van der Waals surface area contributed by atoms with Crippen LogP contribution >= 0.6 is 0 Å². The summed E-state index contributed by atoms with van der Waals surface area (Å²) in [5, 5.41) is 0. The van der Waals surface area contributed by atoms with E-state index in [9.17, 15) is 0 Å². The van der Waals surface area contributed by atoms with Crippen molar-refractivity contribution in [1.82, 2.24) is 0 Å². The van der Waals surface area contributed by atoms with Gasteiger partial charge in [0.1, 0.15) is 11.4 Å². The summed E-state index contributed by atoms with van der Waals surface area (Å²) < 4.78 is 11.0. The fourth-order valence-electron chi connectivity index (χ4n) is 2.03. The molecule has 0 aliphatic carbocycles. The van der Waals surface area contributed by atoms with Gasteiger partial charge >= 0.3 is 0 Å². The Kier molecular flexibility index (Phi) is 3.33. The molecular formula is C17H13NO2. The predicted octanol–water partition coefficient (Wildman–Crippen LogP) is 5.07. The Hall–Kier alpha value is -2.81. The number of para-hydroxylation sites is 2. The summed E-state index contributed by atoms with van der Waals surface area (Å²) >= 11 is 0. The first-order valence-corrected chi connectivity index (χ1v) is 6.23. The van der Waals surface area contributed by atoms with Crippen LogP contribution in [-0.2, 0) is 0 Å². The van der Waals surface area contributed by atoms with Gasteiger partial charge in [0, 0.05) is 11.1 Å². The van der Waals surface area contributed by atoms with Crippen LogP contribution < -0.4 is 4.74 Å². The zero-order valence-electron chi connectivity index (χ0n) is 10.8. The number of benzene rings is 2. The van der Waals surface area contributed by atoms with Crippen LogP contribution in [-0.4, -0.2) is 6.72 Å². The lowest BCUT2D eigenvalue weighted by Crippen LogP contribution is -1.86. The van der Waals surface area contributed by atoms with E-state index in [1.165, 1.54) is 0 Å². The zero-order valence-corrected chi connectivity index (χ0v) is 10.8. The summed E-state index contributed by atoms with van der Waals surface area (Å²) in [5.41, 5.74) is 2.59. The Morgan fingerprint density at radius 3 is 2.50 bits per heavy atom. The minimum absolute atomic E-state index is 0.671. The highest BCUT2D eigenvalue weighted by molar-refractivity contribution is 5.80. The van der Waals surface area contributed by atoms with E-state index in [-0.39, 0.29) is 0 Å². The van der Waals surface area contributed by atoms with Crippen LogP contribution in [0.3, 0.4) is 0 Å². The first-order chi connectivity index (χ1) is 9.88. The second kappa shape index (κ2) is 5.45. The smallest absolute Gasteiger partial charge is 0.153 e. The van der Waals surface area contributed by atoms with Crippen molar-refractivity contribution < 1.29 is 9.15 Å². The molecule has 0 amide bonds. The molecule has 2 aromatic carbocycles. The lowest BCUT2D eigenvalue weighted by molar-refractivity contribution is 0.484. The molecule has 3 heteroatoms. The molecule has 3 nitrogen and oxygen atoms in total. The molecule has 0 saturated carbocycles. The summed E-state index contributed by atoms with van der Waals surface area (Å²) in [6.07, 6.45) is 3.31. The lowest BCUT2D eigenvalue weighted by Gasteiger charge is -2.11. The van der Waals surface area contributed by atoms with Crippen LogP contribution in [0.25, 0.3) is 11.1 Å². The summed E-state index contributed by atoms with van der Waals surface area (Å²) in [4.78, 5) is 4.11. The van der Waals surface area contributed by atoms with E-state index in [0.717, 1.165) is 16.9 Å². The maximum atomic E-state index is 5.87. The quantitative estimate of drug-likeness (QED) is 0.616. The lowest BCUT2D eigenvalue weighted by atomic mass is 10.1. The van der Waals surface area contributed by atoms with Crippen LogP contribution in [0.1, 0.15) is 0 Å². The van der Waals surface area contributed by atoms with Crippen molar-refractivity contribution in [3.8, 4) is 22.6 Å². The van der Waals surface area contributed by atoms with E-state index in [1.54, 1.807) is 12.5 Å². The minimum atomic E-state index is 0.671. The van der Waals surface area contributed by atoms with E-state index in [2.05, 4.69) is 11.7 Å². The maximum absolute atomic E-state index is 5.87. The van der Waals surface area contributed by atoms with Crippen LogP contribution in [0.4, 0.5) is 5.69 Å². The molecule has 0 saturated heterocycles.